The van der Waals surface area contributed by atoms with Gasteiger partial charge in [-0.05, 0) is 43.0 Å². The number of likely N-dealkylation sites (tertiary alicyclic amines) is 1. The predicted molar refractivity (Wildman–Crippen MR) is 122 cm³/mol. The first-order valence-corrected chi connectivity index (χ1v) is 10.7. The van der Waals surface area contributed by atoms with Crippen LogP contribution in [0, 0.1) is 5.92 Å². The lowest BCUT2D eigenvalue weighted by Crippen LogP contribution is -2.40. The lowest BCUT2D eigenvalue weighted by Gasteiger charge is -2.31. The number of carbonyl (C=O) groups excluding carboxylic acids is 1. The van der Waals surface area contributed by atoms with Crippen LogP contribution in [0.25, 0.3) is 0 Å². The summed E-state index contributed by atoms with van der Waals surface area (Å²) >= 11 is 0. The fourth-order valence-electron chi connectivity index (χ4n) is 3.94. The van der Waals surface area contributed by atoms with Gasteiger partial charge in [0.05, 0.1) is 12.0 Å². The minimum atomic E-state index is -0.179. The van der Waals surface area contributed by atoms with Gasteiger partial charge in [0.25, 0.3) is 0 Å². The second-order valence-corrected chi connectivity index (χ2v) is 8.00. The summed E-state index contributed by atoms with van der Waals surface area (Å²) in [7, 11) is 1.79. The number of amides is 1. The Bertz CT molecular complexity index is 852. The molecule has 3 rings (SSSR count). The molecule has 2 unspecified atom stereocenters. The molecule has 30 heavy (non-hydrogen) atoms. The number of hydrogen-bond donors (Lipinski definition) is 3. The highest BCUT2D eigenvalue weighted by atomic mass is 16.1. The van der Waals surface area contributed by atoms with Crippen LogP contribution in [-0.2, 0) is 17.9 Å². The summed E-state index contributed by atoms with van der Waals surface area (Å²) in [6, 6.07) is 19.1. The van der Waals surface area contributed by atoms with Crippen molar-refractivity contribution in [1.29, 1.82) is 0 Å². The van der Waals surface area contributed by atoms with E-state index in [1.165, 1.54) is 16.7 Å². The van der Waals surface area contributed by atoms with Gasteiger partial charge in [0, 0.05) is 26.7 Å². The van der Waals surface area contributed by atoms with E-state index in [9.17, 15) is 4.79 Å². The Kier molecular flexibility index (Phi) is 7.85. The lowest BCUT2D eigenvalue weighted by molar-refractivity contribution is -0.123. The number of rotatable bonds is 7. The molecule has 1 fully saturated rings. The number of aliphatic imine (C=N–C) groups is 1. The molecule has 1 heterocycles. The monoisotopic (exact) mass is 407 g/mol. The van der Waals surface area contributed by atoms with Crippen LogP contribution in [0.1, 0.15) is 42.5 Å². The van der Waals surface area contributed by atoms with E-state index in [1.807, 2.05) is 18.2 Å². The number of carbonyl (C=O) groups is 1. The minimum Gasteiger partial charge on any atom is -0.369 e. The first-order chi connectivity index (χ1) is 14.5. The summed E-state index contributed by atoms with van der Waals surface area (Å²) < 4.78 is 0. The van der Waals surface area contributed by atoms with Crippen molar-refractivity contribution in [3.8, 4) is 0 Å². The average Bonchev–Trinajstić information content (AvgIpc) is 2.77. The SMILES string of the molecule is CN=C(NCc1cccc(CN2CCCC(C(N)=O)C2)c1)NC(C)c1ccccc1. The molecular weight excluding hydrogens is 374 g/mol. The van der Waals surface area contributed by atoms with Crippen LogP contribution in [0.4, 0.5) is 0 Å². The summed E-state index contributed by atoms with van der Waals surface area (Å²) in [5.41, 5.74) is 9.18. The number of hydrogen-bond acceptors (Lipinski definition) is 3. The van der Waals surface area contributed by atoms with Gasteiger partial charge in [0.15, 0.2) is 5.96 Å². The highest BCUT2D eigenvalue weighted by Crippen LogP contribution is 2.19. The summed E-state index contributed by atoms with van der Waals surface area (Å²) in [6.07, 6.45) is 1.93. The van der Waals surface area contributed by atoms with E-state index in [1.54, 1.807) is 7.05 Å². The average molecular weight is 408 g/mol. The Hall–Kier alpha value is -2.86. The van der Waals surface area contributed by atoms with E-state index >= 15 is 0 Å². The molecule has 1 amide bonds. The zero-order chi connectivity index (χ0) is 21.3. The van der Waals surface area contributed by atoms with Gasteiger partial charge in [-0.15, -0.1) is 0 Å². The van der Waals surface area contributed by atoms with Gasteiger partial charge in [-0.2, -0.15) is 0 Å². The van der Waals surface area contributed by atoms with Gasteiger partial charge in [0.1, 0.15) is 0 Å². The van der Waals surface area contributed by atoms with E-state index in [0.717, 1.165) is 38.4 Å². The van der Waals surface area contributed by atoms with Crippen LogP contribution in [0.5, 0.6) is 0 Å². The van der Waals surface area contributed by atoms with Crippen LogP contribution in [-0.4, -0.2) is 36.9 Å². The van der Waals surface area contributed by atoms with E-state index in [4.69, 9.17) is 5.73 Å². The summed E-state index contributed by atoms with van der Waals surface area (Å²) in [5.74, 6) is 0.572. The lowest BCUT2D eigenvalue weighted by atomic mass is 9.97. The molecule has 0 spiro atoms. The zero-order valence-electron chi connectivity index (χ0n) is 18.0. The molecule has 0 radical (unpaired) electrons. The van der Waals surface area contributed by atoms with E-state index in [2.05, 4.69) is 63.8 Å². The highest BCUT2D eigenvalue weighted by Gasteiger charge is 2.23. The van der Waals surface area contributed by atoms with Crippen molar-refractivity contribution in [1.82, 2.24) is 15.5 Å². The molecule has 0 aliphatic carbocycles. The predicted octanol–water partition coefficient (Wildman–Crippen LogP) is 2.81. The molecule has 2 aromatic carbocycles. The summed E-state index contributed by atoms with van der Waals surface area (Å²) in [6.45, 7) is 5.43. The van der Waals surface area contributed by atoms with E-state index in [0.29, 0.717) is 6.54 Å². The van der Waals surface area contributed by atoms with Crippen molar-refractivity contribution >= 4 is 11.9 Å². The van der Waals surface area contributed by atoms with E-state index in [-0.39, 0.29) is 17.9 Å². The molecule has 4 N–H and O–H groups in total. The first kappa shape index (κ1) is 21.8. The molecule has 0 aromatic heterocycles. The maximum absolute atomic E-state index is 11.5. The molecule has 2 atom stereocenters. The Morgan fingerprint density at radius 1 is 1.20 bits per heavy atom. The Morgan fingerprint density at radius 3 is 2.70 bits per heavy atom. The molecule has 6 heteroatoms. The molecule has 0 bridgehead atoms. The number of nitrogens with zero attached hydrogens (tertiary/aromatic N) is 2. The van der Waals surface area contributed by atoms with Crippen LogP contribution in [0.2, 0.25) is 0 Å². The normalized spacial score (nSPS) is 18.6. The van der Waals surface area contributed by atoms with Gasteiger partial charge in [-0.3, -0.25) is 14.7 Å². The fourth-order valence-corrected chi connectivity index (χ4v) is 3.94. The first-order valence-electron chi connectivity index (χ1n) is 10.7. The van der Waals surface area contributed by atoms with Crippen molar-refractivity contribution in [3.63, 3.8) is 0 Å². The van der Waals surface area contributed by atoms with Gasteiger partial charge in [-0.25, -0.2) is 0 Å². The number of primary amides is 1. The van der Waals surface area contributed by atoms with Gasteiger partial charge >= 0.3 is 0 Å². The maximum atomic E-state index is 11.5. The van der Waals surface area contributed by atoms with Crippen molar-refractivity contribution < 1.29 is 4.79 Å². The standard InChI is InChI=1S/C24H33N5O/c1-18(21-10-4-3-5-11-21)28-24(26-2)27-15-19-8-6-9-20(14-19)16-29-13-7-12-22(17-29)23(25)30/h3-6,8-11,14,18,22H,7,12-13,15-17H2,1-2H3,(H2,25,30)(H2,26,27,28). The van der Waals surface area contributed by atoms with Gasteiger partial charge in [0.2, 0.25) is 5.91 Å². The molecule has 1 aliphatic heterocycles. The molecule has 1 saturated heterocycles. The Labute approximate surface area is 179 Å². The van der Waals surface area contributed by atoms with Crippen LogP contribution >= 0.6 is 0 Å². The highest BCUT2D eigenvalue weighted by molar-refractivity contribution is 5.80. The van der Waals surface area contributed by atoms with Crippen LogP contribution in [0.15, 0.2) is 59.6 Å². The number of piperidine rings is 1. The number of nitrogens with one attached hydrogen (secondary N) is 2. The molecule has 1 aliphatic rings. The van der Waals surface area contributed by atoms with E-state index < -0.39 is 0 Å². The summed E-state index contributed by atoms with van der Waals surface area (Å²) in [5, 5.41) is 6.84. The molecule has 6 nitrogen and oxygen atoms in total. The zero-order valence-corrected chi connectivity index (χ0v) is 18.0. The second-order valence-electron chi connectivity index (χ2n) is 8.00. The van der Waals surface area contributed by atoms with Crippen molar-refractivity contribution in [3.05, 3.63) is 71.3 Å². The quantitative estimate of drug-likeness (QED) is 0.487. The topological polar surface area (TPSA) is 82.8 Å². The van der Waals surface area contributed by atoms with Crippen molar-refractivity contribution in [2.24, 2.45) is 16.6 Å². The number of guanidine groups is 1. The van der Waals surface area contributed by atoms with Crippen LogP contribution < -0.4 is 16.4 Å². The number of benzene rings is 2. The van der Waals surface area contributed by atoms with Gasteiger partial charge < -0.3 is 16.4 Å². The third-order valence-electron chi connectivity index (χ3n) is 5.64. The molecule has 2 aromatic rings. The van der Waals surface area contributed by atoms with Crippen molar-refractivity contribution in [2.45, 2.75) is 38.9 Å². The maximum Gasteiger partial charge on any atom is 0.221 e. The Balaban J connectivity index is 1.53. The van der Waals surface area contributed by atoms with Crippen molar-refractivity contribution in [2.75, 3.05) is 20.1 Å². The second kappa shape index (κ2) is 10.8. The molecule has 160 valence electrons. The minimum absolute atomic E-state index is 0.0235. The fraction of sp³-hybridized carbons (Fsp3) is 0.417. The number of nitrogens with two attached hydrogens (primary N) is 1. The smallest absolute Gasteiger partial charge is 0.221 e. The Morgan fingerprint density at radius 2 is 1.97 bits per heavy atom. The van der Waals surface area contributed by atoms with Gasteiger partial charge in [-0.1, -0.05) is 54.6 Å². The summed E-state index contributed by atoms with van der Waals surface area (Å²) in [4.78, 5) is 18.2. The molecular formula is C24H33N5O. The van der Waals surface area contributed by atoms with Crippen LogP contribution in [0.3, 0.4) is 0 Å². The molecule has 0 saturated carbocycles. The largest absolute Gasteiger partial charge is 0.369 e. The third kappa shape index (κ3) is 6.32. The third-order valence-corrected chi connectivity index (χ3v) is 5.64.